The second-order valence-electron chi connectivity index (χ2n) is 4.08. The number of aliphatic hydroxyl groups excluding tert-OH is 1. The number of ether oxygens (including phenoxy) is 3. The van der Waals surface area contributed by atoms with Gasteiger partial charge >= 0.3 is 0 Å². The van der Waals surface area contributed by atoms with Crippen LogP contribution in [0.2, 0.25) is 0 Å². The summed E-state index contributed by atoms with van der Waals surface area (Å²) >= 11 is 0. The second kappa shape index (κ2) is 11.3. The van der Waals surface area contributed by atoms with Crippen LogP contribution in [-0.2, 0) is 9.47 Å². The first-order valence-corrected chi connectivity index (χ1v) is 6.76. The molecule has 0 fully saturated rings. The zero-order valence-electron chi connectivity index (χ0n) is 11.9. The molecule has 0 bridgehead atoms. The first-order valence-electron chi connectivity index (χ1n) is 6.76. The van der Waals surface area contributed by atoms with Crippen molar-refractivity contribution in [2.24, 2.45) is 0 Å². The fourth-order valence-electron chi connectivity index (χ4n) is 1.53. The number of rotatable bonds is 9. The molecule has 1 aromatic rings. The molecule has 0 aliphatic heterocycles. The molecule has 1 aromatic carbocycles. The highest BCUT2D eigenvalue weighted by Gasteiger charge is 1.99. The van der Waals surface area contributed by atoms with Crippen LogP contribution in [0.4, 0.5) is 0 Å². The van der Waals surface area contributed by atoms with Crippen LogP contribution in [0.25, 0.3) is 0 Å². The summed E-state index contributed by atoms with van der Waals surface area (Å²) in [5.41, 5.74) is 0.834. The lowest BCUT2D eigenvalue weighted by molar-refractivity contribution is 0.0806. The maximum Gasteiger partial charge on any atom is 0.135 e. The van der Waals surface area contributed by atoms with Crippen molar-refractivity contribution in [1.82, 2.24) is 0 Å². The van der Waals surface area contributed by atoms with Crippen molar-refractivity contribution in [3.63, 3.8) is 0 Å². The average molecular weight is 278 g/mol. The SMILES string of the molecule is COCCCOCCOc1ccccc1C#CCCO. The first kappa shape index (κ1) is 16.5. The molecule has 0 aliphatic rings. The Morgan fingerprint density at radius 2 is 1.95 bits per heavy atom. The van der Waals surface area contributed by atoms with Gasteiger partial charge in [-0.1, -0.05) is 24.0 Å². The Balaban J connectivity index is 2.31. The third kappa shape index (κ3) is 7.15. The molecule has 0 amide bonds. The van der Waals surface area contributed by atoms with Crippen molar-refractivity contribution < 1.29 is 19.3 Å². The summed E-state index contributed by atoms with van der Waals surface area (Å²) in [7, 11) is 1.68. The molecule has 0 aliphatic carbocycles. The predicted molar refractivity (Wildman–Crippen MR) is 77.8 cm³/mol. The van der Waals surface area contributed by atoms with Gasteiger partial charge in [-0.3, -0.25) is 0 Å². The predicted octanol–water partition coefficient (Wildman–Crippen LogP) is 1.85. The average Bonchev–Trinajstić information content (AvgIpc) is 2.48. The maximum absolute atomic E-state index is 8.72. The molecule has 110 valence electrons. The Labute approximate surface area is 120 Å². The minimum Gasteiger partial charge on any atom is -0.490 e. The summed E-state index contributed by atoms with van der Waals surface area (Å²) in [5, 5.41) is 8.72. The molecular formula is C16H22O4. The van der Waals surface area contributed by atoms with Gasteiger partial charge in [0.2, 0.25) is 0 Å². The number of hydrogen-bond donors (Lipinski definition) is 1. The molecule has 0 atom stereocenters. The van der Waals surface area contributed by atoms with E-state index in [1.165, 1.54) is 0 Å². The van der Waals surface area contributed by atoms with E-state index in [0.29, 0.717) is 32.8 Å². The highest BCUT2D eigenvalue weighted by molar-refractivity contribution is 5.45. The van der Waals surface area contributed by atoms with Crippen molar-refractivity contribution >= 4 is 0 Å². The molecule has 0 saturated heterocycles. The number of methoxy groups -OCH3 is 1. The van der Waals surface area contributed by atoms with Crippen LogP contribution in [0.3, 0.4) is 0 Å². The van der Waals surface area contributed by atoms with Crippen LogP contribution in [0.5, 0.6) is 5.75 Å². The highest BCUT2D eigenvalue weighted by atomic mass is 16.5. The van der Waals surface area contributed by atoms with Gasteiger partial charge in [-0.05, 0) is 18.6 Å². The number of hydrogen-bond acceptors (Lipinski definition) is 4. The minimum atomic E-state index is 0.0747. The number of benzene rings is 1. The van der Waals surface area contributed by atoms with E-state index < -0.39 is 0 Å². The van der Waals surface area contributed by atoms with E-state index in [9.17, 15) is 0 Å². The van der Waals surface area contributed by atoms with Crippen molar-refractivity contribution in [3.05, 3.63) is 29.8 Å². The molecule has 4 nitrogen and oxygen atoms in total. The monoisotopic (exact) mass is 278 g/mol. The fraction of sp³-hybridized carbons (Fsp3) is 0.500. The zero-order chi connectivity index (χ0) is 14.5. The van der Waals surface area contributed by atoms with Gasteiger partial charge in [0.05, 0.1) is 18.8 Å². The van der Waals surface area contributed by atoms with E-state index >= 15 is 0 Å². The summed E-state index contributed by atoms with van der Waals surface area (Å²) in [6, 6.07) is 7.61. The Kier molecular flexibility index (Phi) is 9.33. The van der Waals surface area contributed by atoms with Crippen LogP contribution in [0, 0.1) is 11.8 Å². The van der Waals surface area contributed by atoms with Gasteiger partial charge in [0.1, 0.15) is 12.4 Å². The summed E-state index contributed by atoms with van der Waals surface area (Å²) in [6.45, 7) is 2.50. The van der Waals surface area contributed by atoms with E-state index in [1.54, 1.807) is 7.11 Å². The third-order valence-electron chi connectivity index (χ3n) is 2.47. The highest BCUT2D eigenvalue weighted by Crippen LogP contribution is 2.16. The van der Waals surface area contributed by atoms with E-state index in [2.05, 4.69) is 11.8 Å². The molecule has 0 radical (unpaired) electrons. The fourth-order valence-corrected chi connectivity index (χ4v) is 1.53. The largest absolute Gasteiger partial charge is 0.490 e. The zero-order valence-corrected chi connectivity index (χ0v) is 11.9. The van der Waals surface area contributed by atoms with Gasteiger partial charge in [-0.25, -0.2) is 0 Å². The number of para-hydroxylation sites is 1. The van der Waals surface area contributed by atoms with Crippen molar-refractivity contribution in [2.45, 2.75) is 12.8 Å². The van der Waals surface area contributed by atoms with Crippen LogP contribution >= 0.6 is 0 Å². The molecule has 1 N–H and O–H groups in total. The molecule has 0 heterocycles. The molecule has 1 rings (SSSR count). The molecule has 0 saturated carbocycles. The van der Waals surface area contributed by atoms with Gasteiger partial charge in [-0.15, -0.1) is 0 Å². The Bertz CT molecular complexity index is 420. The summed E-state index contributed by atoms with van der Waals surface area (Å²) in [5.74, 6) is 6.63. The van der Waals surface area contributed by atoms with Crippen LogP contribution < -0.4 is 4.74 Å². The maximum atomic E-state index is 8.72. The van der Waals surface area contributed by atoms with E-state index in [4.69, 9.17) is 19.3 Å². The minimum absolute atomic E-state index is 0.0747. The lowest BCUT2D eigenvalue weighted by Crippen LogP contribution is -2.09. The molecule has 0 unspecified atom stereocenters. The van der Waals surface area contributed by atoms with Crippen molar-refractivity contribution in [1.29, 1.82) is 0 Å². The Hall–Kier alpha value is -1.54. The Morgan fingerprint density at radius 3 is 2.75 bits per heavy atom. The van der Waals surface area contributed by atoms with Gasteiger partial charge in [-0.2, -0.15) is 0 Å². The normalized spacial score (nSPS) is 9.90. The molecular weight excluding hydrogens is 256 g/mol. The topological polar surface area (TPSA) is 47.9 Å². The lowest BCUT2D eigenvalue weighted by atomic mass is 10.2. The van der Waals surface area contributed by atoms with Crippen LogP contribution in [0.15, 0.2) is 24.3 Å². The number of aliphatic hydroxyl groups is 1. The molecule has 0 aromatic heterocycles. The first-order chi connectivity index (χ1) is 9.88. The van der Waals surface area contributed by atoms with Crippen molar-refractivity contribution in [3.8, 4) is 17.6 Å². The van der Waals surface area contributed by atoms with E-state index in [0.717, 1.165) is 17.7 Å². The molecule has 20 heavy (non-hydrogen) atoms. The van der Waals surface area contributed by atoms with Crippen molar-refractivity contribution in [2.75, 3.05) is 40.1 Å². The van der Waals surface area contributed by atoms with Gasteiger partial charge in [0.15, 0.2) is 0 Å². The molecule has 0 spiro atoms. The second-order valence-corrected chi connectivity index (χ2v) is 4.08. The molecule has 4 heteroatoms. The summed E-state index contributed by atoms with van der Waals surface area (Å²) in [6.07, 6.45) is 1.36. The van der Waals surface area contributed by atoms with Crippen LogP contribution in [0.1, 0.15) is 18.4 Å². The van der Waals surface area contributed by atoms with Gasteiger partial charge in [0, 0.05) is 26.7 Å². The lowest BCUT2D eigenvalue weighted by Gasteiger charge is -2.08. The van der Waals surface area contributed by atoms with Crippen LogP contribution in [-0.4, -0.2) is 45.3 Å². The third-order valence-corrected chi connectivity index (χ3v) is 2.47. The van der Waals surface area contributed by atoms with Gasteiger partial charge < -0.3 is 19.3 Å². The quantitative estimate of drug-likeness (QED) is 0.553. The van der Waals surface area contributed by atoms with E-state index in [-0.39, 0.29) is 6.61 Å². The standard InChI is InChI=1S/C16H22O4/c1-18-11-6-12-19-13-14-20-16-9-3-2-7-15(16)8-4-5-10-17/h2-3,7,9,17H,5-6,10-14H2,1H3. The summed E-state index contributed by atoms with van der Waals surface area (Å²) < 4.78 is 16.0. The van der Waals surface area contributed by atoms with E-state index in [1.807, 2.05) is 24.3 Å². The Morgan fingerprint density at radius 1 is 1.10 bits per heavy atom. The smallest absolute Gasteiger partial charge is 0.135 e. The van der Waals surface area contributed by atoms with Gasteiger partial charge in [0.25, 0.3) is 0 Å². The summed E-state index contributed by atoms with van der Waals surface area (Å²) in [4.78, 5) is 0.